The molecule has 1 N–H and O–H groups in total. The Morgan fingerprint density at radius 1 is 1.26 bits per heavy atom. The molecule has 1 atom stereocenters. The van der Waals surface area contributed by atoms with Gasteiger partial charge in [0, 0.05) is 0 Å². The molecule has 1 aliphatic carbocycles. The fourth-order valence-electron chi connectivity index (χ4n) is 2.37. The summed E-state index contributed by atoms with van der Waals surface area (Å²) in [6.07, 6.45) is 4.68. The van der Waals surface area contributed by atoms with Gasteiger partial charge in [-0.3, -0.25) is 0 Å². The van der Waals surface area contributed by atoms with Crippen LogP contribution in [0, 0.1) is 0 Å². The fourth-order valence-corrected chi connectivity index (χ4v) is 2.37. The lowest BCUT2D eigenvalue weighted by Gasteiger charge is -2.23. The first-order chi connectivity index (χ1) is 9.03. The van der Waals surface area contributed by atoms with Crippen LogP contribution in [0.3, 0.4) is 0 Å². The van der Waals surface area contributed by atoms with Crippen LogP contribution < -0.4 is 5.32 Å². The van der Waals surface area contributed by atoms with E-state index < -0.39 is 12.8 Å². The number of hydrogen-bond donors (Lipinski definition) is 1. The van der Waals surface area contributed by atoms with Crippen molar-refractivity contribution in [2.45, 2.75) is 57.7 Å². The quantitative estimate of drug-likeness (QED) is 0.746. The maximum absolute atomic E-state index is 12.1. The van der Waals surface area contributed by atoms with E-state index >= 15 is 0 Å². The van der Waals surface area contributed by atoms with Crippen molar-refractivity contribution in [1.82, 2.24) is 5.32 Å². The molecule has 0 aliphatic heterocycles. The first kappa shape index (κ1) is 16.5. The topological polar surface area (TPSA) is 21.3 Å². The number of ether oxygens (including phenoxy) is 1. The van der Waals surface area contributed by atoms with Crippen LogP contribution in [-0.4, -0.2) is 32.0 Å². The minimum atomic E-state index is -4.24. The van der Waals surface area contributed by atoms with Crippen molar-refractivity contribution in [3.63, 3.8) is 0 Å². The van der Waals surface area contributed by atoms with E-state index in [2.05, 4.69) is 11.4 Å². The Hall–Kier alpha value is -0.550. The van der Waals surface area contributed by atoms with Gasteiger partial charge in [0.05, 0.1) is 12.6 Å². The van der Waals surface area contributed by atoms with Crippen LogP contribution in [-0.2, 0) is 4.74 Å². The Morgan fingerprint density at radius 3 is 2.68 bits per heavy atom. The minimum absolute atomic E-state index is 0.0783. The monoisotopic (exact) mass is 279 g/mol. The smallest absolute Gasteiger partial charge is 0.370 e. The second kappa shape index (κ2) is 8.59. The highest BCUT2D eigenvalue weighted by Crippen LogP contribution is 2.21. The molecule has 0 bridgehead atoms. The zero-order chi connectivity index (χ0) is 14.1. The van der Waals surface area contributed by atoms with Crippen molar-refractivity contribution >= 4 is 0 Å². The Balaban J connectivity index is 2.49. The second-order valence-corrected chi connectivity index (χ2v) is 4.97. The standard InChI is InChI=1S/C14H24F3NO/c1-2-18-13(10-19-11-14(15,16)17)12-8-6-4-3-5-7-9-12/h8,13,18H,2-7,9-11H2,1H3. The SMILES string of the molecule is CCNC(COCC(F)(F)F)C1=CCCCCCC1. The molecule has 0 fully saturated rings. The summed E-state index contributed by atoms with van der Waals surface area (Å²) in [5.74, 6) is 0. The summed E-state index contributed by atoms with van der Waals surface area (Å²) in [4.78, 5) is 0. The zero-order valence-electron chi connectivity index (χ0n) is 11.6. The van der Waals surface area contributed by atoms with E-state index in [1.165, 1.54) is 24.8 Å². The molecule has 1 rings (SSSR count). The van der Waals surface area contributed by atoms with E-state index in [1.807, 2.05) is 6.92 Å². The van der Waals surface area contributed by atoms with Gasteiger partial charge in [-0.05, 0) is 32.2 Å². The van der Waals surface area contributed by atoms with Crippen LogP contribution in [0.4, 0.5) is 13.2 Å². The molecule has 2 nitrogen and oxygen atoms in total. The number of allylic oxidation sites excluding steroid dienone is 1. The summed E-state index contributed by atoms with van der Waals surface area (Å²) in [5.41, 5.74) is 1.21. The largest absolute Gasteiger partial charge is 0.411 e. The van der Waals surface area contributed by atoms with Gasteiger partial charge in [0.2, 0.25) is 0 Å². The summed E-state index contributed by atoms with van der Waals surface area (Å²) >= 11 is 0. The van der Waals surface area contributed by atoms with Crippen LogP contribution in [0.15, 0.2) is 11.6 Å². The van der Waals surface area contributed by atoms with E-state index in [1.54, 1.807) is 0 Å². The maximum Gasteiger partial charge on any atom is 0.411 e. The summed E-state index contributed by atoms with van der Waals surface area (Å²) in [6.45, 7) is 1.62. The Kier molecular flexibility index (Phi) is 7.46. The molecule has 1 unspecified atom stereocenters. The lowest BCUT2D eigenvalue weighted by Crippen LogP contribution is -2.36. The molecule has 0 aromatic heterocycles. The van der Waals surface area contributed by atoms with Crippen molar-refractivity contribution in [3.8, 4) is 0 Å². The predicted octanol–water partition coefficient (Wildman–Crippen LogP) is 3.82. The number of nitrogens with one attached hydrogen (secondary N) is 1. The molecule has 5 heteroatoms. The van der Waals surface area contributed by atoms with Crippen molar-refractivity contribution in [3.05, 3.63) is 11.6 Å². The van der Waals surface area contributed by atoms with Gasteiger partial charge in [-0.2, -0.15) is 13.2 Å². The van der Waals surface area contributed by atoms with Gasteiger partial charge >= 0.3 is 6.18 Å². The molecule has 19 heavy (non-hydrogen) atoms. The molecule has 0 amide bonds. The highest BCUT2D eigenvalue weighted by atomic mass is 19.4. The van der Waals surface area contributed by atoms with Gasteiger partial charge in [0.15, 0.2) is 0 Å². The number of alkyl halides is 3. The molecule has 112 valence electrons. The lowest BCUT2D eigenvalue weighted by molar-refractivity contribution is -0.174. The van der Waals surface area contributed by atoms with Crippen molar-refractivity contribution in [2.24, 2.45) is 0 Å². The lowest BCUT2D eigenvalue weighted by atomic mass is 9.95. The molecule has 0 aromatic rings. The predicted molar refractivity (Wildman–Crippen MR) is 70.1 cm³/mol. The Bertz CT molecular complexity index is 276. The van der Waals surface area contributed by atoms with E-state index in [4.69, 9.17) is 4.74 Å². The number of halogens is 3. The van der Waals surface area contributed by atoms with E-state index in [9.17, 15) is 13.2 Å². The van der Waals surface area contributed by atoms with Gasteiger partial charge in [-0.15, -0.1) is 0 Å². The number of hydrogen-bond acceptors (Lipinski definition) is 2. The van der Waals surface area contributed by atoms with E-state index in [-0.39, 0.29) is 12.6 Å². The molecule has 0 heterocycles. The van der Waals surface area contributed by atoms with E-state index in [0.29, 0.717) is 0 Å². The maximum atomic E-state index is 12.1. The molecule has 0 radical (unpaired) electrons. The third-order valence-electron chi connectivity index (χ3n) is 3.27. The molecular weight excluding hydrogens is 255 g/mol. The summed E-state index contributed by atoms with van der Waals surface area (Å²) in [5, 5.41) is 3.23. The number of likely N-dealkylation sites (N-methyl/N-ethyl adjacent to an activating group) is 1. The van der Waals surface area contributed by atoms with Gasteiger partial charge < -0.3 is 10.1 Å². The second-order valence-electron chi connectivity index (χ2n) is 4.97. The van der Waals surface area contributed by atoms with Crippen LogP contribution in [0.1, 0.15) is 45.4 Å². The summed E-state index contributed by atoms with van der Waals surface area (Å²) < 4.78 is 41.1. The molecule has 0 aromatic carbocycles. The average molecular weight is 279 g/mol. The van der Waals surface area contributed by atoms with Crippen molar-refractivity contribution in [2.75, 3.05) is 19.8 Å². The van der Waals surface area contributed by atoms with Crippen LogP contribution in [0.2, 0.25) is 0 Å². The van der Waals surface area contributed by atoms with Crippen LogP contribution >= 0.6 is 0 Å². The number of rotatable bonds is 6. The fraction of sp³-hybridized carbons (Fsp3) is 0.857. The summed E-state index contributed by atoms with van der Waals surface area (Å²) in [7, 11) is 0. The molecule has 1 aliphatic rings. The third kappa shape index (κ3) is 7.57. The third-order valence-corrected chi connectivity index (χ3v) is 3.27. The highest BCUT2D eigenvalue weighted by Gasteiger charge is 2.28. The Labute approximate surface area is 113 Å². The average Bonchev–Trinajstić information content (AvgIpc) is 2.26. The Morgan fingerprint density at radius 2 is 2.00 bits per heavy atom. The normalized spacial score (nSPS) is 19.5. The van der Waals surface area contributed by atoms with Crippen LogP contribution in [0.25, 0.3) is 0 Å². The van der Waals surface area contributed by atoms with Gasteiger partial charge in [-0.25, -0.2) is 0 Å². The molecule has 0 saturated heterocycles. The first-order valence-electron chi connectivity index (χ1n) is 7.09. The van der Waals surface area contributed by atoms with Gasteiger partial charge in [-0.1, -0.05) is 31.4 Å². The highest BCUT2D eigenvalue weighted by molar-refractivity contribution is 5.11. The van der Waals surface area contributed by atoms with Gasteiger partial charge in [0.1, 0.15) is 6.61 Å². The van der Waals surface area contributed by atoms with Crippen LogP contribution in [0.5, 0.6) is 0 Å². The summed E-state index contributed by atoms with van der Waals surface area (Å²) in [6, 6.07) is -0.0783. The van der Waals surface area contributed by atoms with Crippen molar-refractivity contribution < 1.29 is 17.9 Å². The first-order valence-corrected chi connectivity index (χ1v) is 7.09. The molecular formula is C14H24F3NO. The van der Waals surface area contributed by atoms with Gasteiger partial charge in [0.25, 0.3) is 0 Å². The zero-order valence-corrected chi connectivity index (χ0v) is 11.6. The van der Waals surface area contributed by atoms with Crippen molar-refractivity contribution in [1.29, 1.82) is 0 Å². The molecule has 0 saturated carbocycles. The minimum Gasteiger partial charge on any atom is -0.370 e. The molecule has 0 spiro atoms. The van der Waals surface area contributed by atoms with E-state index in [0.717, 1.165) is 25.8 Å².